The van der Waals surface area contributed by atoms with E-state index in [1.807, 2.05) is 12.1 Å². The highest BCUT2D eigenvalue weighted by molar-refractivity contribution is 5.88. The van der Waals surface area contributed by atoms with Crippen LogP contribution < -0.4 is 5.32 Å². The van der Waals surface area contributed by atoms with E-state index in [2.05, 4.69) is 24.4 Å². The van der Waals surface area contributed by atoms with Crippen molar-refractivity contribution in [2.45, 2.75) is 57.3 Å². The Hall–Kier alpha value is -1.84. The summed E-state index contributed by atoms with van der Waals surface area (Å²) >= 11 is 0. The smallest absolute Gasteiger partial charge is 0.303 e. The average Bonchev–Trinajstić information content (AvgIpc) is 2.52. The standard InChI is InChI=1S/C18H25NO3/c1-14-8-3-4-9-15(14)18(11-5-2-6-12-18)17(22)19-13-7-10-16(20)21/h3-4,8-9H,2,5-7,10-13H2,1H3,(H,19,22)(H,20,21). The van der Waals surface area contributed by atoms with Gasteiger partial charge in [0.05, 0.1) is 5.41 Å². The molecule has 22 heavy (non-hydrogen) atoms. The summed E-state index contributed by atoms with van der Waals surface area (Å²) in [5.41, 5.74) is 1.85. The second kappa shape index (κ2) is 7.43. The van der Waals surface area contributed by atoms with Gasteiger partial charge in [-0.15, -0.1) is 0 Å². The molecule has 1 aliphatic carbocycles. The molecule has 1 aromatic rings. The molecule has 1 saturated carbocycles. The lowest BCUT2D eigenvalue weighted by atomic mass is 9.67. The molecule has 0 aromatic heterocycles. The summed E-state index contributed by atoms with van der Waals surface area (Å²) in [6.07, 6.45) is 5.64. The Bertz CT molecular complexity index is 533. The van der Waals surface area contributed by atoms with E-state index in [9.17, 15) is 9.59 Å². The molecule has 0 atom stereocenters. The predicted molar refractivity (Wildman–Crippen MR) is 85.8 cm³/mol. The fraction of sp³-hybridized carbons (Fsp3) is 0.556. The number of hydrogen-bond donors (Lipinski definition) is 2. The van der Waals surface area contributed by atoms with Gasteiger partial charge in [-0.1, -0.05) is 43.5 Å². The number of carboxylic acids is 1. The molecule has 0 saturated heterocycles. The molecule has 4 nitrogen and oxygen atoms in total. The molecule has 0 unspecified atom stereocenters. The van der Waals surface area contributed by atoms with Gasteiger partial charge in [-0.25, -0.2) is 0 Å². The molecule has 1 amide bonds. The number of nitrogens with one attached hydrogen (secondary N) is 1. The van der Waals surface area contributed by atoms with Crippen LogP contribution >= 0.6 is 0 Å². The van der Waals surface area contributed by atoms with E-state index in [-0.39, 0.29) is 12.3 Å². The second-order valence-corrected chi connectivity index (χ2v) is 6.21. The summed E-state index contributed by atoms with van der Waals surface area (Å²) in [6.45, 7) is 2.49. The number of carbonyl (C=O) groups is 2. The van der Waals surface area contributed by atoms with Crippen molar-refractivity contribution in [1.82, 2.24) is 5.32 Å². The minimum absolute atomic E-state index is 0.0619. The maximum absolute atomic E-state index is 12.9. The maximum atomic E-state index is 12.9. The van der Waals surface area contributed by atoms with Crippen molar-refractivity contribution in [2.75, 3.05) is 6.54 Å². The van der Waals surface area contributed by atoms with Gasteiger partial charge < -0.3 is 10.4 Å². The quantitative estimate of drug-likeness (QED) is 0.793. The van der Waals surface area contributed by atoms with Gasteiger partial charge in [-0.05, 0) is 37.3 Å². The summed E-state index contributed by atoms with van der Waals surface area (Å²) in [5, 5.41) is 11.7. The second-order valence-electron chi connectivity index (χ2n) is 6.21. The molecule has 0 heterocycles. The first-order valence-electron chi connectivity index (χ1n) is 8.12. The minimum atomic E-state index is -0.819. The van der Waals surface area contributed by atoms with Crippen molar-refractivity contribution >= 4 is 11.9 Å². The van der Waals surface area contributed by atoms with E-state index < -0.39 is 11.4 Å². The zero-order valence-electron chi connectivity index (χ0n) is 13.2. The van der Waals surface area contributed by atoms with E-state index in [4.69, 9.17) is 5.11 Å². The Morgan fingerprint density at radius 1 is 1.18 bits per heavy atom. The van der Waals surface area contributed by atoms with Crippen molar-refractivity contribution in [3.63, 3.8) is 0 Å². The molecule has 1 aromatic carbocycles. The lowest BCUT2D eigenvalue weighted by molar-refractivity contribution is -0.137. The molecule has 4 heteroatoms. The lowest BCUT2D eigenvalue weighted by Crippen LogP contribution is -2.46. The SMILES string of the molecule is Cc1ccccc1C1(C(=O)NCCCC(=O)O)CCCCC1. The van der Waals surface area contributed by atoms with Gasteiger partial charge in [0.15, 0.2) is 0 Å². The van der Waals surface area contributed by atoms with Crippen molar-refractivity contribution in [1.29, 1.82) is 0 Å². The number of carbonyl (C=O) groups excluding carboxylic acids is 1. The summed E-state index contributed by atoms with van der Waals surface area (Å²) in [4.78, 5) is 23.4. The number of carboxylic acid groups (broad SMARTS) is 1. The zero-order valence-corrected chi connectivity index (χ0v) is 13.2. The van der Waals surface area contributed by atoms with Crippen LogP contribution in [0, 0.1) is 6.92 Å². The molecule has 2 rings (SSSR count). The van der Waals surface area contributed by atoms with Crippen LogP contribution in [0.5, 0.6) is 0 Å². The highest BCUT2D eigenvalue weighted by Crippen LogP contribution is 2.41. The average molecular weight is 303 g/mol. The van der Waals surface area contributed by atoms with E-state index in [1.54, 1.807) is 0 Å². The molecule has 1 aliphatic rings. The Morgan fingerprint density at radius 2 is 1.86 bits per heavy atom. The Labute approximate surface area is 131 Å². The van der Waals surface area contributed by atoms with Crippen LogP contribution in [-0.4, -0.2) is 23.5 Å². The van der Waals surface area contributed by atoms with Crippen molar-refractivity contribution in [3.05, 3.63) is 35.4 Å². The van der Waals surface area contributed by atoms with E-state index >= 15 is 0 Å². The molecule has 2 N–H and O–H groups in total. The monoisotopic (exact) mass is 303 g/mol. The molecule has 0 bridgehead atoms. The first kappa shape index (κ1) is 16.5. The topological polar surface area (TPSA) is 66.4 Å². The van der Waals surface area contributed by atoms with Crippen molar-refractivity contribution in [3.8, 4) is 0 Å². The number of aryl methyl sites for hydroxylation is 1. The largest absolute Gasteiger partial charge is 0.481 e. The Balaban J connectivity index is 2.13. The van der Waals surface area contributed by atoms with Crippen LogP contribution in [0.15, 0.2) is 24.3 Å². The summed E-state index contributed by atoms with van der Waals surface area (Å²) in [6, 6.07) is 8.12. The number of aliphatic carboxylic acids is 1. The first-order chi connectivity index (χ1) is 10.6. The third-order valence-electron chi connectivity index (χ3n) is 4.66. The van der Waals surface area contributed by atoms with Crippen LogP contribution in [-0.2, 0) is 15.0 Å². The van der Waals surface area contributed by atoms with E-state index in [0.717, 1.165) is 36.8 Å². The minimum Gasteiger partial charge on any atom is -0.481 e. The third kappa shape index (κ3) is 3.67. The predicted octanol–water partition coefficient (Wildman–Crippen LogP) is 3.18. The Kier molecular flexibility index (Phi) is 5.58. The molecular weight excluding hydrogens is 278 g/mol. The van der Waals surface area contributed by atoms with Crippen LogP contribution in [0.25, 0.3) is 0 Å². The van der Waals surface area contributed by atoms with Gasteiger partial charge in [0.25, 0.3) is 0 Å². The fourth-order valence-corrected chi connectivity index (χ4v) is 3.49. The summed E-state index contributed by atoms with van der Waals surface area (Å²) < 4.78 is 0. The molecular formula is C18H25NO3. The van der Waals surface area contributed by atoms with Gasteiger partial charge >= 0.3 is 5.97 Å². The number of rotatable bonds is 6. The number of hydrogen-bond acceptors (Lipinski definition) is 2. The molecule has 1 fully saturated rings. The van der Waals surface area contributed by atoms with Gasteiger partial charge in [0.2, 0.25) is 5.91 Å². The van der Waals surface area contributed by atoms with Crippen molar-refractivity contribution < 1.29 is 14.7 Å². The number of benzene rings is 1. The Morgan fingerprint density at radius 3 is 2.50 bits per heavy atom. The van der Waals surface area contributed by atoms with Crippen LogP contribution in [0.1, 0.15) is 56.1 Å². The normalized spacial score (nSPS) is 17.0. The lowest BCUT2D eigenvalue weighted by Gasteiger charge is -2.37. The van der Waals surface area contributed by atoms with Gasteiger partial charge in [0.1, 0.15) is 0 Å². The van der Waals surface area contributed by atoms with Crippen LogP contribution in [0.3, 0.4) is 0 Å². The highest BCUT2D eigenvalue weighted by atomic mass is 16.4. The van der Waals surface area contributed by atoms with E-state index in [0.29, 0.717) is 13.0 Å². The molecule has 0 radical (unpaired) electrons. The van der Waals surface area contributed by atoms with Crippen LogP contribution in [0.2, 0.25) is 0 Å². The zero-order chi connectivity index (χ0) is 16.0. The van der Waals surface area contributed by atoms with Crippen molar-refractivity contribution in [2.24, 2.45) is 0 Å². The van der Waals surface area contributed by atoms with Crippen LogP contribution in [0.4, 0.5) is 0 Å². The third-order valence-corrected chi connectivity index (χ3v) is 4.66. The molecule has 0 aliphatic heterocycles. The fourth-order valence-electron chi connectivity index (χ4n) is 3.49. The highest BCUT2D eigenvalue weighted by Gasteiger charge is 2.41. The number of amides is 1. The molecule has 0 spiro atoms. The first-order valence-corrected chi connectivity index (χ1v) is 8.12. The van der Waals surface area contributed by atoms with Gasteiger partial charge in [-0.2, -0.15) is 0 Å². The maximum Gasteiger partial charge on any atom is 0.303 e. The summed E-state index contributed by atoms with van der Waals surface area (Å²) in [5.74, 6) is -0.757. The summed E-state index contributed by atoms with van der Waals surface area (Å²) in [7, 11) is 0. The van der Waals surface area contributed by atoms with E-state index in [1.165, 1.54) is 6.42 Å². The molecule has 120 valence electrons. The van der Waals surface area contributed by atoms with Gasteiger partial charge in [0, 0.05) is 13.0 Å². The van der Waals surface area contributed by atoms with Gasteiger partial charge in [-0.3, -0.25) is 9.59 Å².